The summed E-state index contributed by atoms with van der Waals surface area (Å²) in [6.07, 6.45) is 5.57. The Labute approximate surface area is 90.2 Å². The molecule has 1 aromatic heterocycles. The average molecular weight is 204 g/mol. The molecule has 0 spiro atoms. The molecule has 3 nitrogen and oxygen atoms in total. The fourth-order valence-electron chi connectivity index (χ4n) is 1.47. The summed E-state index contributed by atoms with van der Waals surface area (Å²) in [5.41, 5.74) is 3.20. The molecule has 0 amide bonds. The molecule has 0 saturated carbocycles. The van der Waals surface area contributed by atoms with E-state index in [0.29, 0.717) is 5.92 Å². The lowest BCUT2D eigenvalue weighted by molar-refractivity contribution is -0.104. The van der Waals surface area contributed by atoms with Crippen LogP contribution in [-0.4, -0.2) is 11.3 Å². The first kappa shape index (κ1) is 11.4. The Morgan fingerprint density at radius 1 is 1.47 bits per heavy atom. The lowest BCUT2D eigenvalue weighted by Crippen LogP contribution is -2.00. The Morgan fingerprint density at radius 3 is 2.80 bits per heavy atom. The summed E-state index contributed by atoms with van der Waals surface area (Å²) in [7, 11) is 0. The molecule has 1 heterocycles. The van der Waals surface area contributed by atoms with Gasteiger partial charge in [-0.05, 0) is 30.5 Å². The lowest BCUT2D eigenvalue weighted by Gasteiger charge is -2.12. The number of hydrogen-bond donors (Lipinski definition) is 1. The molecule has 0 bridgehead atoms. The predicted molar refractivity (Wildman–Crippen MR) is 61.9 cm³/mol. The van der Waals surface area contributed by atoms with E-state index >= 15 is 0 Å². The van der Waals surface area contributed by atoms with E-state index in [9.17, 15) is 4.79 Å². The molecular formula is C12H16N2O. The topological polar surface area (TPSA) is 42.0 Å². The number of nitrogens with one attached hydrogen (secondary N) is 1. The highest BCUT2D eigenvalue weighted by molar-refractivity contribution is 5.66. The maximum atomic E-state index is 10.1. The SMILES string of the molecule is Cc1c(N/C=C\C=O)ccnc1C(C)C. The molecule has 0 saturated heterocycles. The predicted octanol–water partition coefficient (Wildman–Crippen LogP) is 2.64. The van der Waals surface area contributed by atoms with Crippen molar-refractivity contribution < 1.29 is 4.79 Å². The monoisotopic (exact) mass is 204 g/mol. The molecule has 80 valence electrons. The van der Waals surface area contributed by atoms with Crippen LogP contribution in [0, 0.1) is 6.92 Å². The molecule has 1 N–H and O–H groups in total. The summed E-state index contributed by atoms with van der Waals surface area (Å²) >= 11 is 0. The molecule has 0 aromatic carbocycles. The van der Waals surface area contributed by atoms with Crippen LogP contribution in [0.3, 0.4) is 0 Å². The second-order valence-electron chi connectivity index (χ2n) is 3.66. The number of nitrogens with zero attached hydrogens (tertiary/aromatic N) is 1. The number of rotatable bonds is 4. The second kappa shape index (κ2) is 5.29. The highest BCUT2D eigenvalue weighted by Crippen LogP contribution is 2.22. The van der Waals surface area contributed by atoms with Crippen LogP contribution < -0.4 is 5.32 Å². The number of aromatic nitrogens is 1. The number of pyridine rings is 1. The molecule has 3 heteroatoms. The van der Waals surface area contributed by atoms with E-state index < -0.39 is 0 Å². The molecule has 0 atom stereocenters. The standard InChI is InChI=1S/C12H16N2O/c1-9(2)12-10(3)11(5-7-14-12)13-6-4-8-15/h4-9H,1-3H3,(H,13,14)/b6-4-. The van der Waals surface area contributed by atoms with E-state index in [4.69, 9.17) is 0 Å². The Kier molecular flexibility index (Phi) is 4.03. The Bertz CT molecular complexity index is 370. The van der Waals surface area contributed by atoms with Gasteiger partial charge in [-0.3, -0.25) is 9.78 Å². The summed E-state index contributed by atoms with van der Waals surface area (Å²) in [4.78, 5) is 14.4. The quantitative estimate of drug-likeness (QED) is 0.605. The summed E-state index contributed by atoms with van der Waals surface area (Å²) in [6, 6.07) is 1.90. The Morgan fingerprint density at radius 2 is 2.20 bits per heavy atom. The fraction of sp³-hybridized carbons (Fsp3) is 0.333. The molecule has 0 aliphatic heterocycles. The number of anilines is 1. The van der Waals surface area contributed by atoms with Crippen LogP contribution >= 0.6 is 0 Å². The summed E-state index contributed by atoms with van der Waals surface area (Å²) in [6.45, 7) is 6.25. The van der Waals surface area contributed by atoms with Gasteiger partial charge >= 0.3 is 0 Å². The van der Waals surface area contributed by atoms with Gasteiger partial charge in [0.1, 0.15) is 6.29 Å². The van der Waals surface area contributed by atoms with Gasteiger partial charge in [0.05, 0.1) is 0 Å². The van der Waals surface area contributed by atoms with Crippen molar-refractivity contribution in [1.29, 1.82) is 0 Å². The molecule has 1 rings (SSSR count). The molecule has 0 aliphatic carbocycles. The zero-order valence-corrected chi connectivity index (χ0v) is 9.32. The van der Waals surface area contributed by atoms with Crippen molar-refractivity contribution in [2.75, 3.05) is 5.32 Å². The Balaban J connectivity index is 2.94. The number of hydrogen-bond acceptors (Lipinski definition) is 3. The van der Waals surface area contributed by atoms with Crippen molar-refractivity contribution >= 4 is 12.0 Å². The van der Waals surface area contributed by atoms with Gasteiger partial charge in [0.2, 0.25) is 0 Å². The average Bonchev–Trinajstić information content (AvgIpc) is 2.20. The molecule has 0 aliphatic rings. The van der Waals surface area contributed by atoms with Crippen molar-refractivity contribution in [2.45, 2.75) is 26.7 Å². The van der Waals surface area contributed by atoms with Gasteiger partial charge in [0.25, 0.3) is 0 Å². The van der Waals surface area contributed by atoms with Crippen LogP contribution in [0.4, 0.5) is 5.69 Å². The second-order valence-corrected chi connectivity index (χ2v) is 3.66. The minimum atomic E-state index is 0.404. The summed E-state index contributed by atoms with van der Waals surface area (Å²) < 4.78 is 0. The van der Waals surface area contributed by atoms with E-state index in [1.165, 1.54) is 6.08 Å². The number of carbonyl (C=O) groups is 1. The van der Waals surface area contributed by atoms with E-state index in [-0.39, 0.29) is 0 Å². The Hall–Kier alpha value is -1.64. The lowest BCUT2D eigenvalue weighted by atomic mass is 10.0. The van der Waals surface area contributed by atoms with Crippen molar-refractivity contribution in [3.05, 3.63) is 35.8 Å². The van der Waals surface area contributed by atoms with Crippen molar-refractivity contribution in [3.63, 3.8) is 0 Å². The van der Waals surface area contributed by atoms with Crippen LogP contribution in [0.25, 0.3) is 0 Å². The van der Waals surface area contributed by atoms with Gasteiger partial charge in [-0.25, -0.2) is 0 Å². The number of allylic oxidation sites excluding steroid dienone is 1. The van der Waals surface area contributed by atoms with E-state index in [1.54, 1.807) is 12.4 Å². The van der Waals surface area contributed by atoms with Gasteiger partial charge in [0.15, 0.2) is 0 Å². The van der Waals surface area contributed by atoms with Crippen LogP contribution in [-0.2, 0) is 4.79 Å². The normalized spacial score (nSPS) is 10.9. The van der Waals surface area contributed by atoms with Crippen molar-refractivity contribution in [1.82, 2.24) is 4.98 Å². The van der Waals surface area contributed by atoms with Crippen LogP contribution in [0.15, 0.2) is 24.5 Å². The summed E-state index contributed by atoms with van der Waals surface area (Å²) in [5.74, 6) is 0.404. The van der Waals surface area contributed by atoms with Crippen LogP contribution in [0.5, 0.6) is 0 Å². The van der Waals surface area contributed by atoms with Crippen LogP contribution in [0.2, 0.25) is 0 Å². The minimum absolute atomic E-state index is 0.404. The third kappa shape index (κ3) is 2.91. The van der Waals surface area contributed by atoms with Crippen molar-refractivity contribution in [2.24, 2.45) is 0 Å². The van der Waals surface area contributed by atoms with Crippen molar-refractivity contribution in [3.8, 4) is 0 Å². The minimum Gasteiger partial charge on any atom is -0.361 e. The highest BCUT2D eigenvalue weighted by atomic mass is 16.1. The zero-order chi connectivity index (χ0) is 11.3. The smallest absolute Gasteiger partial charge is 0.144 e. The first-order chi connectivity index (χ1) is 7.16. The number of carbonyl (C=O) groups excluding carboxylic acids is 1. The van der Waals surface area contributed by atoms with E-state index in [1.807, 2.05) is 13.0 Å². The van der Waals surface area contributed by atoms with Crippen LogP contribution in [0.1, 0.15) is 31.0 Å². The third-order valence-corrected chi connectivity index (χ3v) is 2.20. The maximum Gasteiger partial charge on any atom is 0.144 e. The van der Waals surface area contributed by atoms with Gasteiger partial charge in [0, 0.05) is 23.8 Å². The molecule has 1 aromatic rings. The number of aldehydes is 1. The van der Waals surface area contributed by atoms with E-state index in [2.05, 4.69) is 24.1 Å². The molecule has 0 fully saturated rings. The molecule has 15 heavy (non-hydrogen) atoms. The molecular weight excluding hydrogens is 188 g/mol. The zero-order valence-electron chi connectivity index (χ0n) is 9.32. The van der Waals surface area contributed by atoms with Gasteiger partial charge in [-0.15, -0.1) is 0 Å². The molecule has 0 radical (unpaired) electrons. The van der Waals surface area contributed by atoms with Gasteiger partial charge in [-0.1, -0.05) is 13.8 Å². The highest BCUT2D eigenvalue weighted by Gasteiger charge is 2.07. The maximum absolute atomic E-state index is 10.1. The molecule has 0 unspecified atom stereocenters. The first-order valence-electron chi connectivity index (χ1n) is 4.99. The summed E-state index contributed by atoms with van der Waals surface area (Å²) in [5, 5.41) is 3.06. The van der Waals surface area contributed by atoms with E-state index in [0.717, 1.165) is 23.2 Å². The third-order valence-electron chi connectivity index (χ3n) is 2.20. The first-order valence-corrected chi connectivity index (χ1v) is 4.99. The largest absolute Gasteiger partial charge is 0.361 e. The van der Waals surface area contributed by atoms with Gasteiger partial charge < -0.3 is 5.32 Å². The fourth-order valence-corrected chi connectivity index (χ4v) is 1.47. The van der Waals surface area contributed by atoms with Gasteiger partial charge in [-0.2, -0.15) is 0 Å².